The maximum Gasteiger partial charge on any atom is 0.0126 e. The number of thiol groups is 1. The first-order valence-electron chi connectivity index (χ1n) is 6.54. The smallest absolute Gasteiger partial charge is 0.0126 e. The lowest BCUT2D eigenvalue weighted by Gasteiger charge is -2.43. The van der Waals surface area contributed by atoms with Crippen LogP contribution in [0.4, 0.5) is 0 Å². The van der Waals surface area contributed by atoms with Crippen molar-refractivity contribution in [3.8, 4) is 0 Å². The van der Waals surface area contributed by atoms with Crippen molar-refractivity contribution >= 4 is 12.6 Å². The van der Waals surface area contributed by atoms with Crippen LogP contribution >= 0.6 is 12.6 Å². The van der Waals surface area contributed by atoms with E-state index in [1.54, 1.807) is 0 Å². The minimum absolute atomic E-state index is 0.340. The average molecular weight is 242 g/mol. The number of nitrogens with zero attached hydrogens (tertiary/aromatic N) is 2. The molecule has 0 atom stereocenters. The molecule has 3 heteroatoms. The minimum Gasteiger partial charge on any atom is -0.300 e. The van der Waals surface area contributed by atoms with E-state index in [-0.39, 0.29) is 0 Å². The van der Waals surface area contributed by atoms with Crippen LogP contribution in [-0.2, 0) is 0 Å². The summed E-state index contributed by atoms with van der Waals surface area (Å²) in [4.78, 5) is 5.25. The highest BCUT2D eigenvalue weighted by molar-refractivity contribution is 7.80. The average Bonchev–Trinajstić information content (AvgIpc) is 2.98. The van der Waals surface area contributed by atoms with Crippen molar-refractivity contribution in [2.24, 2.45) is 5.41 Å². The molecule has 2 nitrogen and oxygen atoms in total. The molecule has 1 saturated carbocycles. The van der Waals surface area contributed by atoms with Crippen molar-refractivity contribution < 1.29 is 0 Å². The van der Waals surface area contributed by atoms with E-state index in [0.717, 1.165) is 5.75 Å². The van der Waals surface area contributed by atoms with E-state index in [1.807, 2.05) is 0 Å². The van der Waals surface area contributed by atoms with Gasteiger partial charge in [-0.25, -0.2) is 0 Å². The van der Waals surface area contributed by atoms with Gasteiger partial charge in [-0.3, -0.25) is 4.90 Å². The molecule has 0 unspecified atom stereocenters. The molecular weight excluding hydrogens is 216 g/mol. The number of hydrogen-bond acceptors (Lipinski definition) is 3. The Bertz CT molecular complexity index is 235. The lowest BCUT2D eigenvalue weighted by molar-refractivity contribution is 0.0549. The third kappa shape index (κ3) is 2.93. The van der Waals surface area contributed by atoms with Gasteiger partial charge in [-0.2, -0.15) is 12.6 Å². The predicted octanol–water partition coefficient (Wildman–Crippen LogP) is 2.11. The third-order valence-electron chi connectivity index (χ3n) is 4.17. The zero-order chi connectivity index (χ0) is 11.8. The normalized spacial score (nSPS) is 27.0. The molecule has 0 aromatic carbocycles. The van der Waals surface area contributed by atoms with E-state index in [9.17, 15) is 0 Å². The number of piperazine rings is 1. The molecule has 0 spiro atoms. The molecule has 94 valence electrons. The zero-order valence-electron chi connectivity index (χ0n) is 11.0. The maximum atomic E-state index is 4.49. The first-order chi connectivity index (χ1) is 7.45. The van der Waals surface area contributed by atoms with E-state index < -0.39 is 0 Å². The van der Waals surface area contributed by atoms with Gasteiger partial charge in [0.1, 0.15) is 0 Å². The van der Waals surface area contributed by atoms with Gasteiger partial charge in [0.15, 0.2) is 0 Å². The van der Waals surface area contributed by atoms with Crippen molar-refractivity contribution in [2.75, 3.05) is 38.5 Å². The van der Waals surface area contributed by atoms with E-state index in [2.05, 4.69) is 43.2 Å². The van der Waals surface area contributed by atoms with Crippen molar-refractivity contribution in [1.29, 1.82) is 0 Å². The summed E-state index contributed by atoms with van der Waals surface area (Å²) in [6.07, 6.45) is 2.80. The molecule has 0 aromatic rings. The summed E-state index contributed by atoms with van der Waals surface area (Å²) in [6, 6.07) is 0. The summed E-state index contributed by atoms with van der Waals surface area (Å²) in [5, 5.41) is 0. The van der Waals surface area contributed by atoms with Crippen LogP contribution in [0.1, 0.15) is 33.6 Å². The Morgan fingerprint density at radius 3 is 2.00 bits per heavy atom. The van der Waals surface area contributed by atoms with Crippen molar-refractivity contribution in [3.63, 3.8) is 0 Å². The highest BCUT2D eigenvalue weighted by atomic mass is 32.1. The number of rotatable bonds is 3. The third-order valence-corrected chi connectivity index (χ3v) is 4.84. The molecule has 2 rings (SSSR count). The van der Waals surface area contributed by atoms with Gasteiger partial charge >= 0.3 is 0 Å². The standard InChI is InChI=1S/C13H26N2S/c1-12(2,3)15-8-6-14(7-9-15)10-13(11-16)4-5-13/h16H,4-11H2,1-3H3. The highest BCUT2D eigenvalue weighted by Gasteiger charge is 2.43. The Morgan fingerprint density at radius 2 is 1.62 bits per heavy atom. The van der Waals surface area contributed by atoms with Crippen LogP contribution < -0.4 is 0 Å². The van der Waals surface area contributed by atoms with Gasteiger partial charge in [-0.15, -0.1) is 0 Å². The Balaban J connectivity index is 1.77. The van der Waals surface area contributed by atoms with Gasteiger partial charge in [0.25, 0.3) is 0 Å². The summed E-state index contributed by atoms with van der Waals surface area (Å²) in [7, 11) is 0. The fourth-order valence-electron chi connectivity index (χ4n) is 2.59. The molecule has 1 aliphatic heterocycles. The van der Waals surface area contributed by atoms with Crippen molar-refractivity contribution in [3.05, 3.63) is 0 Å². The monoisotopic (exact) mass is 242 g/mol. The molecule has 0 amide bonds. The summed E-state index contributed by atoms with van der Waals surface area (Å²) in [5.41, 5.74) is 0.930. The van der Waals surface area contributed by atoms with Gasteiger partial charge in [0, 0.05) is 38.3 Å². The van der Waals surface area contributed by atoms with Crippen LogP contribution in [0.2, 0.25) is 0 Å². The van der Waals surface area contributed by atoms with Crippen molar-refractivity contribution in [1.82, 2.24) is 9.80 Å². The molecule has 0 aromatic heterocycles. The molecule has 2 fully saturated rings. The van der Waals surface area contributed by atoms with Crippen LogP contribution in [0, 0.1) is 5.41 Å². The summed E-state index contributed by atoms with van der Waals surface area (Å²) < 4.78 is 0. The molecule has 2 aliphatic rings. The van der Waals surface area contributed by atoms with Gasteiger partial charge in [-0.1, -0.05) is 0 Å². The second-order valence-corrected chi connectivity index (χ2v) is 6.91. The molecule has 1 saturated heterocycles. The van der Waals surface area contributed by atoms with E-state index in [1.165, 1.54) is 45.6 Å². The van der Waals surface area contributed by atoms with Crippen molar-refractivity contribution in [2.45, 2.75) is 39.2 Å². The Kier molecular flexibility index (Phi) is 3.58. The molecule has 16 heavy (non-hydrogen) atoms. The summed E-state index contributed by atoms with van der Waals surface area (Å²) in [6.45, 7) is 13.2. The molecule has 1 heterocycles. The fourth-order valence-corrected chi connectivity index (χ4v) is 3.01. The summed E-state index contributed by atoms with van der Waals surface area (Å²) >= 11 is 4.49. The Morgan fingerprint density at radius 1 is 1.06 bits per heavy atom. The molecular formula is C13H26N2S. The first kappa shape index (κ1) is 12.7. The largest absolute Gasteiger partial charge is 0.300 e. The topological polar surface area (TPSA) is 6.48 Å². The van der Waals surface area contributed by atoms with E-state index in [0.29, 0.717) is 11.0 Å². The zero-order valence-corrected chi connectivity index (χ0v) is 11.9. The molecule has 0 bridgehead atoms. The molecule has 0 N–H and O–H groups in total. The van der Waals surface area contributed by atoms with Crippen LogP contribution in [0.25, 0.3) is 0 Å². The minimum atomic E-state index is 0.340. The Labute approximate surface area is 106 Å². The Hall–Kier alpha value is 0.270. The van der Waals surface area contributed by atoms with Gasteiger partial charge in [0.05, 0.1) is 0 Å². The second-order valence-electron chi connectivity index (χ2n) is 6.59. The number of hydrogen-bond donors (Lipinski definition) is 1. The highest BCUT2D eigenvalue weighted by Crippen LogP contribution is 2.47. The first-order valence-corrected chi connectivity index (χ1v) is 7.17. The summed E-state index contributed by atoms with van der Waals surface area (Å²) in [5.74, 6) is 1.08. The van der Waals surface area contributed by atoms with Gasteiger partial charge in [-0.05, 0) is 44.8 Å². The van der Waals surface area contributed by atoms with Crippen LogP contribution in [0.15, 0.2) is 0 Å². The van der Waals surface area contributed by atoms with Crippen LogP contribution in [0.5, 0.6) is 0 Å². The van der Waals surface area contributed by atoms with Gasteiger partial charge < -0.3 is 4.90 Å². The molecule has 1 aliphatic carbocycles. The van der Waals surface area contributed by atoms with E-state index in [4.69, 9.17) is 0 Å². The maximum absolute atomic E-state index is 4.49. The SMILES string of the molecule is CC(C)(C)N1CCN(CC2(CS)CC2)CC1. The lowest BCUT2D eigenvalue weighted by atomic mass is 10.0. The quantitative estimate of drug-likeness (QED) is 0.757. The van der Waals surface area contributed by atoms with Crippen LogP contribution in [-0.4, -0.2) is 53.8 Å². The van der Waals surface area contributed by atoms with E-state index >= 15 is 0 Å². The fraction of sp³-hybridized carbons (Fsp3) is 1.00. The predicted molar refractivity (Wildman–Crippen MR) is 73.3 cm³/mol. The molecule has 0 radical (unpaired) electrons. The van der Waals surface area contributed by atoms with Gasteiger partial charge in [0.2, 0.25) is 0 Å². The second kappa shape index (κ2) is 4.51. The van der Waals surface area contributed by atoms with Crippen LogP contribution in [0.3, 0.4) is 0 Å². The lowest BCUT2D eigenvalue weighted by Crippen LogP contribution is -2.54.